The van der Waals surface area contributed by atoms with Gasteiger partial charge in [0.2, 0.25) is 5.91 Å². The van der Waals surface area contributed by atoms with E-state index in [1.807, 2.05) is 24.3 Å². The van der Waals surface area contributed by atoms with Gasteiger partial charge in [-0.15, -0.1) is 0 Å². The molecule has 0 unspecified atom stereocenters. The predicted molar refractivity (Wildman–Crippen MR) is 110 cm³/mol. The lowest BCUT2D eigenvalue weighted by Crippen LogP contribution is -2.17. The van der Waals surface area contributed by atoms with Gasteiger partial charge in [-0.3, -0.25) is 10.0 Å². The molecule has 0 saturated carbocycles. The zero-order valence-corrected chi connectivity index (χ0v) is 16.7. The number of aromatic nitrogens is 3. The fourth-order valence-corrected chi connectivity index (χ4v) is 3.20. The molecule has 7 nitrogen and oxygen atoms in total. The van der Waals surface area contributed by atoms with Crippen LogP contribution in [-0.4, -0.2) is 32.3 Å². The highest BCUT2D eigenvalue weighted by molar-refractivity contribution is 6.42. The molecule has 0 aliphatic carbocycles. The van der Waals surface area contributed by atoms with Crippen molar-refractivity contribution in [3.63, 3.8) is 0 Å². The number of carbonyl (C=O) groups is 1. The van der Waals surface area contributed by atoms with Crippen molar-refractivity contribution >= 4 is 40.6 Å². The van der Waals surface area contributed by atoms with Crippen LogP contribution in [0.5, 0.6) is 0 Å². The molecule has 3 N–H and O–H groups in total. The first kappa shape index (κ1) is 20.4. The Morgan fingerprint density at radius 3 is 2.68 bits per heavy atom. The Morgan fingerprint density at radius 1 is 1.07 bits per heavy atom. The molecule has 2 aromatic heterocycles. The monoisotopic (exact) mass is 421 g/mol. The highest BCUT2D eigenvalue weighted by atomic mass is 35.5. The van der Waals surface area contributed by atoms with Gasteiger partial charge < -0.3 is 5.32 Å². The number of hydrogen-bond acceptors (Lipinski definition) is 5. The summed E-state index contributed by atoms with van der Waals surface area (Å²) in [5.41, 5.74) is 4.15. The van der Waals surface area contributed by atoms with Crippen LogP contribution in [0.15, 0.2) is 36.5 Å². The van der Waals surface area contributed by atoms with E-state index in [9.17, 15) is 4.79 Å². The van der Waals surface area contributed by atoms with Gasteiger partial charge in [-0.05, 0) is 25.0 Å². The number of hydrogen-bond donors (Lipinski definition) is 3. The second-order valence-corrected chi connectivity index (χ2v) is 7.20. The molecule has 0 spiro atoms. The van der Waals surface area contributed by atoms with Gasteiger partial charge in [0, 0.05) is 30.7 Å². The van der Waals surface area contributed by atoms with Crippen LogP contribution in [0.2, 0.25) is 10.0 Å². The SMILES string of the molecule is O=C(CCCCCCNc1cc(-c2ccc(Cl)c(Cl)c2)n2nccc2n1)NO. The number of rotatable bonds is 9. The summed E-state index contributed by atoms with van der Waals surface area (Å²) >= 11 is 12.2. The third-order valence-electron chi connectivity index (χ3n) is 4.34. The number of nitrogens with one attached hydrogen (secondary N) is 2. The van der Waals surface area contributed by atoms with Gasteiger partial charge in [-0.2, -0.15) is 5.10 Å². The predicted octanol–water partition coefficient (Wildman–Crippen LogP) is 4.57. The maximum Gasteiger partial charge on any atom is 0.243 e. The van der Waals surface area contributed by atoms with Crippen LogP contribution in [0.3, 0.4) is 0 Å². The molecule has 28 heavy (non-hydrogen) atoms. The summed E-state index contributed by atoms with van der Waals surface area (Å²) in [4.78, 5) is 15.5. The summed E-state index contributed by atoms with van der Waals surface area (Å²) in [5.74, 6) is 0.417. The molecule has 3 rings (SSSR count). The molecule has 0 aliphatic rings. The van der Waals surface area contributed by atoms with E-state index >= 15 is 0 Å². The zero-order valence-electron chi connectivity index (χ0n) is 15.2. The molecule has 0 bridgehead atoms. The van der Waals surface area contributed by atoms with Crippen LogP contribution >= 0.6 is 23.2 Å². The van der Waals surface area contributed by atoms with Gasteiger partial charge in [0.25, 0.3) is 0 Å². The smallest absolute Gasteiger partial charge is 0.243 e. The van der Waals surface area contributed by atoms with Crippen LogP contribution in [0.25, 0.3) is 16.9 Å². The fourth-order valence-electron chi connectivity index (χ4n) is 2.90. The van der Waals surface area contributed by atoms with E-state index in [1.165, 1.54) is 0 Å². The lowest BCUT2D eigenvalue weighted by atomic mass is 10.1. The highest BCUT2D eigenvalue weighted by Crippen LogP contribution is 2.29. The van der Waals surface area contributed by atoms with Gasteiger partial charge in [0.1, 0.15) is 5.82 Å². The highest BCUT2D eigenvalue weighted by Gasteiger charge is 2.10. The van der Waals surface area contributed by atoms with Crippen molar-refractivity contribution in [2.24, 2.45) is 0 Å². The number of nitrogens with zero attached hydrogens (tertiary/aromatic N) is 3. The largest absolute Gasteiger partial charge is 0.370 e. The Balaban J connectivity index is 1.63. The number of benzene rings is 1. The minimum absolute atomic E-state index is 0.341. The van der Waals surface area contributed by atoms with Crippen molar-refractivity contribution < 1.29 is 10.0 Å². The second kappa shape index (κ2) is 9.73. The molecular formula is C19H21Cl2N5O2. The summed E-state index contributed by atoms with van der Waals surface area (Å²) in [7, 11) is 0. The van der Waals surface area contributed by atoms with E-state index in [0.29, 0.717) is 16.5 Å². The molecular weight excluding hydrogens is 401 g/mol. The Morgan fingerprint density at radius 2 is 1.89 bits per heavy atom. The molecule has 1 aromatic carbocycles. The number of halogens is 2. The van der Waals surface area contributed by atoms with E-state index in [1.54, 1.807) is 22.3 Å². The number of amides is 1. The molecule has 0 radical (unpaired) electrons. The Hall–Kier alpha value is -2.35. The Bertz CT molecular complexity index is 961. The first-order chi connectivity index (χ1) is 13.6. The van der Waals surface area contributed by atoms with Crippen molar-refractivity contribution in [2.75, 3.05) is 11.9 Å². The van der Waals surface area contributed by atoms with Gasteiger partial charge >= 0.3 is 0 Å². The van der Waals surface area contributed by atoms with Crippen molar-refractivity contribution in [1.82, 2.24) is 20.1 Å². The van der Waals surface area contributed by atoms with Gasteiger partial charge in [0.05, 0.1) is 21.9 Å². The summed E-state index contributed by atoms with van der Waals surface area (Å²) in [5, 5.41) is 17.1. The Labute approximate surface area is 172 Å². The number of hydroxylamine groups is 1. The van der Waals surface area contributed by atoms with Crippen molar-refractivity contribution in [3.8, 4) is 11.3 Å². The fraction of sp³-hybridized carbons (Fsp3) is 0.316. The average Bonchev–Trinajstić information content (AvgIpc) is 3.17. The topological polar surface area (TPSA) is 91.6 Å². The van der Waals surface area contributed by atoms with E-state index in [0.717, 1.165) is 55.0 Å². The zero-order chi connectivity index (χ0) is 19.9. The summed E-state index contributed by atoms with van der Waals surface area (Å²) in [6.07, 6.45) is 5.67. The summed E-state index contributed by atoms with van der Waals surface area (Å²) < 4.78 is 1.76. The minimum Gasteiger partial charge on any atom is -0.370 e. The van der Waals surface area contributed by atoms with Crippen LogP contribution in [-0.2, 0) is 4.79 Å². The van der Waals surface area contributed by atoms with Crippen molar-refractivity contribution in [2.45, 2.75) is 32.1 Å². The summed E-state index contributed by atoms with van der Waals surface area (Å²) in [6.45, 7) is 0.768. The third-order valence-corrected chi connectivity index (χ3v) is 5.08. The standard InChI is InChI=1S/C19H21Cl2N5O2/c20-14-7-6-13(11-15(14)21)16-12-17(24-18-8-10-23-26(16)18)22-9-4-2-1-3-5-19(27)25-28/h6-8,10-12,28H,1-5,9H2,(H,22,24)(H,25,27). The van der Waals surface area contributed by atoms with Crippen LogP contribution in [0.1, 0.15) is 32.1 Å². The molecule has 0 fully saturated rings. The van der Waals surface area contributed by atoms with Crippen molar-refractivity contribution in [1.29, 1.82) is 0 Å². The van der Waals surface area contributed by atoms with Crippen molar-refractivity contribution in [3.05, 3.63) is 46.6 Å². The maximum absolute atomic E-state index is 11.0. The van der Waals surface area contributed by atoms with E-state index in [2.05, 4.69) is 15.4 Å². The molecule has 9 heteroatoms. The molecule has 2 heterocycles. The van der Waals surface area contributed by atoms with E-state index < -0.39 is 0 Å². The lowest BCUT2D eigenvalue weighted by Gasteiger charge is -2.11. The molecule has 0 atom stereocenters. The van der Waals surface area contributed by atoms with E-state index in [4.69, 9.17) is 28.4 Å². The number of carbonyl (C=O) groups excluding carboxylic acids is 1. The molecule has 148 valence electrons. The van der Waals surface area contributed by atoms with Crippen LogP contribution in [0.4, 0.5) is 5.82 Å². The van der Waals surface area contributed by atoms with Crippen LogP contribution in [0, 0.1) is 0 Å². The van der Waals surface area contributed by atoms with Crippen LogP contribution < -0.4 is 10.8 Å². The first-order valence-corrected chi connectivity index (χ1v) is 9.81. The average molecular weight is 422 g/mol. The number of fused-ring (bicyclic) bond motifs is 1. The molecule has 3 aromatic rings. The van der Waals surface area contributed by atoms with Gasteiger partial charge in [0.15, 0.2) is 5.65 Å². The lowest BCUT2D eigenvalue weighted by molar-refractivity contribution is -0.129. The second-order valence-electron chi connectivity index (χ2n) is 6.38. The quantitative estimate of drug-likeness (QED) is 0.267. The molecule has 1 amide bonds. The summed E-state index contributed by atoms with van der Waals surface area (Å²) in [6, 6.07) is 9.26. The van der Waals surface area contributed by atoms with E-state index in [-0.39, 0.29) is 5.91 Å². The normalized spacial score (nSPS) is 11.0. The molecule has 0 saturated heterocycles. The van der Waals surface area contributed by atoms with Gasteiger partial charge in [-0.25, -0.2) is 15.0 Å². The number of unbranched alkanes of at least 4 members (excludes halogenated alkanes) is 3. The Kier molecular flexibility index (Phi) is 7.08. The number of anilines is 1. The third kappa shape index (κ3) is 5.13. The van der Waals surface area contributed by atoms with Gasteiger partial charge in [-0.1, -0.05) is 42.1 Å². The molecule has 0 aliphatic heterocycles. The minimum atomic E-state index is -0.341. The first-order valence-electron chi connectivity index (χ1n) is 9.05. The maximum atomic E-state index is 11.0.